The fourth-order valence-electron chi connectivity index (χ4n) is 2.52. The molecule has 0 spiro atoms. The quantitative estimate of drug-likeness (QED) is 0.667. The number of halogens is 1. The highest BCUT2D eigenvalue weighted by molar-refractivity contribution is 6.31. The summed E-state index contributed by atoms with van der Waals surface area (Å²) in [6.07, 6.45) is 1.13. The Labute approximate surface area is 138 Å². The molecule has 3 aromatic rings. The molecule has 0 saturated carbocycles. The average Bonchev–Trinajstić information content (AvgIpc) is 3.15. The molecule has 0 radical (unpaired) electrons. The minimum Gasteiger partial charge on any atom is -0.467 e. The molecule has 0 aliphatic heterocycles. The normalized spacial score (nSPS) is 13.9. The van der Waals surface area contributed by atoms with Gasteiger partial charge in [-0.05, 0) is 43.3 Å². The predicted octanol–water partition coefficient (Wildman–Crippen LogP) is 3.66. The first-order valence-electron chi connectivity index (χ1n) is 7.33. The van der Waals surface area contributed by atoms with Gasteiger partial charge in [0.15, 0.2) is 0 Å². The van der Waals surface area contributed by atoms with Gasteiger partial charge in [-0.1, -0.05) is 11.6 Å². The number of hydrogen-bond donors (Lipinski definition) is 3. The van der Waals surface area contributed by atoms with Crippen molar-refractivity contribution >= 4 is 28.4 Å². The number of fused-ring (bicyclic) bond motifs is 1. The Morgan fingerprint density at radius 3 is 2.96 bits per heavy atom. The Kier molecular flexibility index (Phi) is 4.41. The molecule has 23 heavy (non-hydrogen) atoms. The van der Waals surface area contributed by atoms with E-state index in [4.69, 9.17) is 16.0 Å². The predicted molar refractivity (Wildman–Crippen MR) is 88.5 cm³/mol. The molecule has 0 aliphatic rings. The minimum absolute atomic E-state index is 0.211. The summed E-state index contributed by atoms with van der Waals surface area (Å²) >= 11 is 5.95. The van der Waals surface area contributed by atoms with Gasteiger partial charge in [0.05, 0.1) is 6.26 Å². The third-order valence-electron chi connectivity index (χ3n) is 3.65. The molecule has 2 unspecified atom stereocenters. The first-order chi connectivity index (χ1) is 11.0. The third-order valence-corrected chi connectivity index (χ3v) is 3.89. The van der Waals surface area contributed by atoms with Crippen molar-refractivity contribution < 1.29 is 14.3 Å². The van der Waals surface area contributed by atoms with Gasteiger partial charge in [0.1, 0.15) is 17.6 Å². The van der Waals surface area contributed by atoms with Crippen molar-refractivity contribution in [3.63, 3.8) is 0 Å². The molecular formula is C17H17ClN2O3. The number of aromatic nitrogens is 1. The van der Waals surface area contributed by atoms with Crippen LogP contribution in [0.25, 0.3) is 10.9 Å². The van der Waals surface area contributed by atoms with Crippen LogP contribution in [0.15, 0.2) is 47.1 Å². The van der Waals surface area contributed by atoms with Crippen LogP contribution >= 0.6 is 11.6 Å². The molecule has 120 valence electrons. The lowest BCUT2D eigenvalue weighted by Crippen LogP contribution is -2.33. The van der Waals surface area contributed by atoms with E-state index < -0.39 is 6.10 Å². The Morgan fingerprint density at radius 1 is 1.39 bits per heavy atom. The van der Waals surface area contributed by atoms with Gasteiger partial charge in [-0.25, -0.2) is 0 Å². The van der Waals surface area contributed by atoms with Crippen molar-refractivity contribution in [1.82, 2.24) is 10.3 Å². The van der Waals surface area contributed by atoms with Gasteiger partial charge in [-0.15, -0.1) is 0 Å². The zero-order valence-electron chi connectivity index (χ0n) is 12.5. The van der Waals surface area contributed by atoms with Crippen LogP contribution in [0.1, 0.15) is 35.7 Å². The Morgan fingerprint density at radius 2 is 2.22 bits per heavy atom. The van der Waals surface area contributed by atoms with Gasteiger partial charge in [-0.2, -0.15) is 0 Å². The number of rotatable bonds is 5. The van der Waals surface area contributed by atoms with Crippen LogP contribution in [0.5, 0.6) is 0 Å². The van der Waals surface area contributed by atoms with E-state index in [1.54, 1.807) is 30.3 Å². The van der Waals surface area contributed by atoms with Crippen molar-refractivity contribution in [2.75, 3.05) is 0 Å². The first-order valence-corrected chi connectivity index (χ1v) is 7.71. The number of aliphatic hydroxyl groups excluding tert-OH is 1. The fourth-order valence-corrected chi connectivity index (χ4v) is 2.70. The second kappa shape index (κ2) is 6.48. The number of H-pyrrole nitrogens is 1. The van der Waals surface area contributed by atoms with Crippen molar-refractivity contribution in [2.24, 2.45) is 0 Å². The molecule has 2 aromatic heterocycles. The van der Waals surface area contributed by atoms with E-state index in [9.17, 15) is 9.90 Å². The van der Waals surface area contributed by atoms with Crippen LogP contribution in [0, 0.1) is 0 Å². The zero-order chi connectivity index (χ0) is 16.4. The molecule has 6 heteroatoms. The van der Waals surface area contributed by atoms with Gasteiger partial charge >= 0.3 is 0 Å². The maximum atomic E-state index is 12.3. The number of benzene rings is 1. The number of aliphatic hydroxyl groups is 1. The molecule has 0 fully saturated rings. The van der Waals surface area contributed by atoms with Gasteiger partial charge in [0.25, 0.3) is 5.91 Å². The van der Waals surface area contributed by atoms with E-state index in [-0.39, 0.29) is 11.9 Å². The topological polar surface area (TPSA) is 78.3 Å². The molecule has 1 amide bonds. The highest BCUT2D eigenvalue weighted by Gasteiger charge is 2.18. The summed E-state index contributed by atoms with van der Waals surface area (Å²) in [7, 11) is 0. The fraction of sp³-hybridized carbons (Fsp3) is 0.235. The molecule has 1 aromatic carbocycles. The molecule has 5 nitrogen and oxygen atoms in total. The number of carbonyl (C=O) groups excluding carboxylic acids is 1. The molecule has 2 atom stereocenters. The Hall–Kier alpha value is -2.24. The summed E-state index contributed by atoms with van der Waals surface area (Å²) in [5, 5.41) is 14.4. The number of hydrogen-bond acceptors (Lipinski definition) is 3. The first kappa shape index (κ1) is 15.6. The van der Waals surface area contributed by atoms with Crippen molar-refractivity contribution in [3.8, 4) is 0 Å². The average molecular weight is 333 g/mol. The largest absolute Gasteiger partial charge is 0.467 e. The van der Waals surface area contributed by atoms with E-state index in [0.717, 1.165) is 10.9 Å². The molecular weight excluding hydrogens is 316 g/mol. The summed E-state index contributed by atoms with van der Waals surface area (Å²) in [5.41, 5.74) is 1.31. The van der Waals surface area contributed by atoms with Crippen molar-refractivity contribution in [2.45, 2.75) is 25.5 Å². The highest BCUT2D eigenvalue weighted by atomic mass is 35.5. The van der Waals surface area contributed by atoms with Crippen LogP contribution in [0.4, 0.5) is 0 Å². The van der Waals surface area contributed by atoms with Crippen LogP contribution in [-0.4, -0.2) is 22.0 Å². The summed E-state index contributed by atoms with van der Waals surface area (Å²) in [5.74, 6) is 0.267. The molecule has 0 bridgehead atoms. The van der Waals surface area contributed by atoms with Crippen molar-refractivity contribution in [1.29, 1.82) is 0 Å². The highest BCUT2D eigenvalue weighted by Crippen LogP contribution is 2.21. The summed E-state index contributed by atoms with van der Waals surface area (Å²) in [6, 6.07) is 10.4. The monoisotopic (exact) mass is 332 g/mol. The minimum atomic E-state index is -0.748. The second-order valence-electron chi connectivity index (χ2n) is 5.56. The number of carbonyl (C=O) groups is 1. The lowest BCUT2D eigenvalue weighted by molar-refractivity contribution is 0.0899. The lowest BCUT2D eigenvalue weighted by Gasteiger charge is -2.16. The number of nitrogens with one attached hydrogen (secondary N) is 2. The molecule has 2 heterocycles. The van der Waals surface area contributed by atoms with Crippen LogP contribution in [0.2, 0.25) is 5.02 Å². The number of aromatic amines is 1. The van der Waals surface area contributed by atoms with Gasteiger partial charge in [-0.3, -0.25) is 4.79 Å². The van der Waals surface area contributed by atoms with Gasteiger partial charge in [0, 0.05) is 28.4 Å². The summed E-state index contributed by atoms with van der Waals surface area (Å²) in [4.78, 5) is 15.4. The molecule has 0 aliphatic carbocycles. The Balaban J connectivity index is 1.65. The van der Waals surface area contributed by atoms with Gasteiger partial charge < -0.3 is 19.8 Å². The van der Waals surface area contributed by atoms with E-state index in [0.29, 0.717) is 22.9 Å². The zero-order valence-corrected chi connectivity index (χ0v) is 13.3. The third kappa shape index (κ3) is 3.57. The maximum absolute atomic E-state index is 12.3. The SMILES string of the molecule is CC(CC(O)c1ccco1)NC(=O)c1cc2cc(Cl)ccc2[nH]1. The number of amides is 1. The second-order valence-corrected chi connectivity index (χ2v) is 5.99. The number of furan rings is 1. The van der Waals surface area contributed by atoms with E-state index in [2.05, 4.69) is 10.3 Å². The van der Waals surface area contributed by atoms with Crippen LogP contribution in [0.3, 0.4) is 0 Å². The molecule has 0 saturated heterocycles. The van der Waals surface area contributed by atoms with Gasteiger partial charge in [0.2, 0.25) is 0 Å². The van der Waals surface area contributed by atoms with E-state index in [1.807, 2.05) is 13.0 Å². The molecule has 3 N–H and O–H groups in total. The smallest absolute Gasteiger partial charge is 0.267 e. The van der Waals surface area contributed by atoms with Crippen LogP contribution < -0.4 is 5.32 Å². The lowest BCUT2D eigenvalue weighted by atomic mass is 10.1. The summed E-state index contributed by atoms with van der Waals surface area (Å²) in [6.45, 7) is 1.84. The van der Waals surface area contributed by atoms with E-state index in [1.165, 1.54) is 6.26 Å². The van der Waals surface area contributed by atoms with Crippen molar-refractivity contribution in [3.05, 3.63) is 59.1 Å². The Bertz CT molecular complexity index is 810. The van der Waals surface area contributed by atoms with E-state index >= 15 is 0 Å². The van der Waals surface area contributed by atoms with Crippen LogP contribution in [-0.2, 0) is 0 Å². The maximum Gasteiger partial charge on any atom is 0.267 e. The molecule has 3 rings (SSSR count). The summed E-state index contributed by atoms with van der Waals surface area (Å²) < 4.78 is 5.16. The standard InChI is InChI=1S/C17H17ClN2O3/c1-10(7-15(21)16-3-2-6-23-16)19-17(22)14-9-11-8-12(18)4-5-13(11)20-14/h2-6,8-10,15,20-21H,7H2,1H3,(H,19,22).